The van der Waals surface area contributed by atoms with Crippen LogP contribution in [0.15, 0.2) is 56.0 Å². The van der Waals surface area contributed by atoms with E-state index in [1.807, 2.05) is 31.2 Å². The minimum Gasteiger partial charge on any atom is -0.450 e. The topological polar surface area (TPSA) is 162 Å². The third-order valence-electron chi connectivity index (χ3n) is 7.27. The van der Waals surface area contributed by atoms with Gasteiger partial charge in [-0.05, 0) is 81.4 Å². The minimum atomic E-state index is -0.326. The molecule has 0 spiro atoms. The smallest absolute Gasteiger partial charge is 0.293 e. The first-order valence-corrected chi connectivity index (χ1v) is 16.2. The normalized spacial score (nSPS) is 16.5. The number of aromatic nitrogens is 2. The molecule has 2 saturated heterocycles. The van der Waals surface area contributed by atoms with Crippen LogP contribution in [-0.4, -0.2) is 73.7 Å². The molecule has 12 nitrogen and oxygen atoms in total. The third-order valence-corrected chi connectivity index (χ3v) is 9.07. The number of benzene rings is 1. The molecule has 0 saturated carbocycles. The predicted octanol–water partition coefficient (Wildman–Crippen LogP) is 3.80. The number of terminal acetylenes is 1. The number of hydrogen-bond acceptors (Lipinski definition) is 10. The van der Waals surface area contributed by atoms with Crippen LogP contribution >= 0.6 is 23.5 Å². The Morgan fingerprint density at radius 2 is 2.02 bits per heavy atom. The number of carbonyl (C=O) groups is 4. The molecule has 0 radical (unpaired) electrons. The van der Waals surface area contributed by atoms with E-state index >= 15 is 0 Å². The van der Waals surface area contributed by atoms with Crippen molar-refractivity contribution in [1.29, 1.82) is 0 Å². The van der Waals surface area contributed by atoms with Gasteiger partial charge in [-0.2, -0.15) is 0 Å². The molecule has 14 heteroatoms. The molecule has 4 heterocycles. The van der Waals surface area contributed by atoms with Gasteiger partial charge < -0.3 is 19.2 Å². The number of hydrazine groups is 1. The van der Waals surface area contributed by atoms with Crippen molar-refractivity contribution in [2.24, 2.45) is 0 Å². The maximum absolute atomic E-state index is 12.7. The summed E-state index contributed by atoms with van der Waals surface area (Å²) in [5, 5.41) is 3.89. The fourth-order valence-corrected chi connectivity index (χ4v) is 6.58. The van der Waals surface area contributed by atoms with Gasteiger partial charge in [-0.25, -0.2) is 15.8 Å². The number of hydrogen-bond donors (Lipinski definition) is 3. The van der Waals surface area contributed by atoms with Crippen LogP contribution in [0.25, 0.3) is 17.1 Å². The Labute approximate surface area is 269 Å². The summed E-state index contributed by atoms with van der Waals surface area (Å²) in [4.78, 5) is 57.9. The number of rotatable bonds is 14. The van der Waals surface area contributed by atoms with Crippen molar-refractivity contribution in [1.82, 2.24) is 35.5 Å². The van der Waals surface area contributed by atoms with E-state index < -0.39 is 0 Å². The molecule has 2 aliphatic heterocycles. The van der Waals surface area contributed by atoms with Crippen LogP contribution in [-0.2, 0) is 20.9 Å². The number of aryl methyl sites for hydroxylation is 1. The van der Waals surface area contributed by atoms with Gasteiger partial charge in [-0.15, -0.1) is 6.42 Å². The van der Waals surface area contributed by atoms with E-state index in [0.717, 1.165) is 22.8 Å². The lowest BCUT2D eigenvalue weighted by Gasteiger charge is -2.20. The highest BCUT2D eigenvalue weighted by atomic mass is 32.2. The summed E-state index contributed by atoms with van der Waals surface area (Å²) in [5.74, 6) is 2.17. The second-order valence-electron chi connectivity index (χ2n) is 11.2. The number of furan rings is 1. The molecule has 3 N–H and O–H groups in total. The Bertz CT molecular complexity index is 1680. The highest BCUT2D eigenvalue weighted by Crippen LogP contribution is 2.36. The lowest BCUT2D eigenvalue weighted by Crippen LogP contribution is -2.41. The number of amides is 4. The average Bonchev–Trinajstić information content (AvgIpc) is 3.28. The highest BCUT2D eigenvalue weighted by Gasteiger charge is 2.37. The van der Waals surface area contributed by atoms with E-state index in [1.165, 1.54) is 21.6 Å². The summed E-state index contributed by atoms with van der Waals surface area (Å²) < 4.78 is 8.05. The maximum atomic E-state index is 12.7. The largest absolute Gasteiger partial charge is 0.450 e. The number of fused-ring (bicyclic) bond motifs is 1. The lowest BCUT2D eigenvalue weighted by atomic mass is 10.1. The number of para-hydroxylation sites is 2. The fourth-order valence-electron chi connectivity index (χ4n) is 4.74. The van der Waals surface area contributed by atoms with Gasteiger partial charge in [0.1, 0.15) is 12.3 Å². The number of nitrogens with one attached hydrogen (secondary N) is 3. The number of carbonyl (C=O) groups excluding carboxylic acids is 4. The number of thioether (sulfide) groups is 1. The second-order valence-corrected chi connectivity index (χ2v) is 13.1. The van der Waals surface area contributed by atoms with Crippen molar-refractivity contribution in [3.8, 4) is 12.3 Å². The standard InChI is InChI=1S/C31H35N7O5S2/c1-5-16-36(26(40)13-14-31(4)34-35-31)19-25(39)32-15-8-17-37-23-10-7-6-9-22(23)33-29(37)45-27-12-11-21(43-27)18-24-28(41)38(20(2)3)30(42)44-24/h1,6-7,9-12,18,20,34-35H,8,13-17,19H2,2-4H3,(H,32,39)/b24-18-. The van der Waals surface area contributed by atoms with Gasteiger partial charge in [0.2, 0.25) is 11.8 Å². The molecule has 2 fully saturated rings. The van der Waals surface area contributed by atoms with Gasteiger partial charge in [0.05, 0.1) is 28.1 Å². The molecule has 0 aliphatic carbocycles. The van der Waals surface area contributed by atoms with E-state index in [0.29, 0.717) is 46.8 Å². The fraction of sp³-hybridized carbons (Fsp3) is 0.387. The Morgan fingerprint density at radius 1 is 1.24 bits per heavy atom. The molecule has 0 bridgehead atoms. The molecule has 0 unspecified atom stereocenters. The molecule has 2 aliphatic rings. The summed E-state index contributed by atoms with van der Waals surface area (Å²) in [6.07, 6.45) is 8.53. The van der Waals surface area contributed by atoms with E-state index in [2.05, 4.69) is 26.7 Å². The Kier molecular flexibility index (Phi) is 10.0. The summed E-state index contributed by atoms with van der Waals surface area (Å²) in [6.45, 7) is 6.50. The molecule has 1 aromatic carbocycles. The Hall–Kier alpha value is -4.03. The van der Waals surface area contributed by atoms with Crippen molar-refractivity contribution < 1.29 is 23.6 Å². The van der Waals surface area contributed by atoms with Crippen molar-refractivity contribution in [2.75, 3.05) is 19.6 Å². The Balaban J connectivity index is 1.18. The lowest BCUT2D eigenvalue weighted by molar-refractivity contribution is -0.135. The zero-order valence-corrected chi connectivity index (χ0v) is 26.9. The Morgan fingerprint density at radius 3 is 2.73 bits per heavy atom. The van der Waals surface area contributed by atoms with Crippen LogP contribution in [0.2, 0.25) is 0 Å². The zero-order chi connectivity index (χ0) is 32.1. The summed E-state index contributed by atoms with van der Waals surface area (Å²) in [5.41, 5.74) is 7.52. The highest BCUT2D eigenvalue weighted by molar-refractivity contribution is 8.18. The predicted molar refractivity (Wildman–Crippen MR) is 172 cm³/mol. The van der Waals surface area contributed by atoms with Crippen LogP contribution in [0.1, 0.15) is 45.8 Å². The third kappa shape index (κ3) is 7.98. The summed E-state index contributed by atoms with van der Waals surface area (Å²) in [6, 6.07) is 11.1. The quantitative estimate of drug-likeness (QED) is 0.101. The van der Waals surface area contributed by atoms with E-state index in [1.54, 1.807) is 32.1 Å². The zero-order valence-electron chi connectivity index (χ0n) is 25.3. The monoisotopic (exact) mass is 649 g/mol. The van der Waals surface area contributed by atoms with Gasteiger partial charge in [-0.3, -0.25) is 24.1 Å². The summed E-state index contributed by atoms with van der Waals surface area (Å²) in [7, 11) is 0. The van der Waals surface area contributed by atoms with Gasteiger partial charge in [-0.1, -0.05) is 18.1 Å². The first kappa shape index (κ1) is 32.4. The molecule has 0 atom stereocenters. The SMILES string of the molecule is C#CCN(CC(=O)NCCCn1c(Sc2ccc(/C=C3\SC(=O)N(C(C)C)C3=O)o2)nc2ccccc21)C(=O)CCC1(C)NN1. The van der Waals surface area contributed by atoms with Crippen LogP contribution in [0.5, 0.6) is 0 Å². The number of nitrogens with zero attached hydrogens (tertiary/aromatic N) is 4. The van der Waals surface area contributed by atoms with E-state index in [4.69, 9.17) is 15.8 Å². The van der Waals surface area contributed by atoms with Gasteiger partial charge in [0, 0.05) is 31.6 Å². The van der Waals surface area contributed by atoms with Crippen LogP contribution in [0.4, 0.5) is 4.79 Å². The summed E-state index contributed by atoms with van der Waals surface area (Å²) >= 11 is 2.25. The molecule has 236 valence electrons. The number of imidazole rings is 1. The van der Waals surface area contributed by atoms with Gasteiger partial charge in [0.15, 0.2) is 10.2 Å². The molecule has 3 aromatic rings. The first-order chi connectivity index (χ1) is 21.6. The first-order valence-electron chi connectivity index (χ1n) is 14.6. The van der Waals surface area contributed by atoms with Crippen LogP contribution in [0, 0.1) is 12.3 Å². The van der Waals surface area contributed by atoms with Crippen molar-refractivity contribution in [2.45, 2.75) is 68.5 Å². The van der Waals surface area contributed by atoms with Crippen molar-refractivity contribution in [3.63, 3.8) is 0 Å². The van der Waals surface area contributed by atoms with Crippen molar-refractivity contribution >= 4 is 63.6 Å². The average molecular weight is 650 g/mol. The molecular weight excluding hydrogens is 615 g/mol. The molecule has 2 aromatic heterocycles. The van der Waals surface area contributed by atoms with Crippen molar-refractivity contribution in [3.05, 3.63) is 47.1 Å². The van der Waals surface area contributed by atoms with Crippen LogP contribution in [0.3, 0.4) is 0 Å². The molecular formula is C31H35N7O5S2. The molecule has 4 amide bonds. The van der Waals surface area contributed by atoms with Gasteiger partial charge in [0.25, 0.3) is 11.1 Å². The van der Waals surface area contributed by atoms with Gasteiger partial charge >= 0.3 is 0 Å². The minimum absolute atomic E-state index is 0.0701. The maximum Gasteiger partial charge on any atom is 0.293 e. The van der Waals surface area contributed by atoms with E-state index in [-0.39, 0.29) is 54.2 Å². The van der Waals surface area contributed by atoms with Crippen LogP contribution < -0.4 is 16.2 Å². The molecule has 45 heavy (non-hydrogen) atoms. The molecule has 5 rings (SSSR count). The van der Waals surface area contributed by atoms with E-state index in [9.17, 15) is 19.2 Å². The second kappa shape index (κ2) is 13.9. The number of imide groups is 1.